The van der Waals surface area contributed by atoms with Gasteiger partial charge in [0.05, 0.1) is 19.7 Å². The van der Waals surface area contributed by atoms with Crippen molar-refractivity contribution in [2.75, 3.05) is 19.7 Å². The van der Waals surface area contributed by atoms with E-state index in [1.807, 2.05) is 18.2 Å². The van der Waals surface area contributed by atoms with Crippen LogP contribution < -0.4 is 4.74 Å². The molecule has 0 bridgehead atoms. The number of amides is 1. The van der Waals surface area contributed by atoms with Crippen LogP contribution in [-0.4, -0.2) is 70.1 Å². The molecule has 7 nitrogen and oxygen atoms in total. The Morgan fingerprint density at radius 1 is 1.28 bits per heavy atom. The van der Waals surface area contributed by atoms with Crippen molar-refractivity contribution in [2.45, 2.75) is 49.2 Å². The standard InChI is InChI=1S/C16H19FN2O3.C2HF3O2/c17-16(5-6-16)14(20)19-10-15(11-19)9-12(4-8-21-15)22-13-3-1-2-7-18-13;3-2(4,5)1(6)7/h1-3,7,12H,4-6,8-11H2;(H,6,7). The second kappa shape index (κ2) is 7.77. The summed E-state index contributed by atoms with van der Waals surface area (Å²) in [5.74, 6) is -2.51. The molecule has 11 heteroatoms. The smallest absolute Gasteiger partial charge is 0.475 e. The van der Waals surface area contributed by atoms with Gasteiger partial charge >= 0.3 is 12.1 Å². The Labute approximate surface area is 163 Å². The Balaban J connectivity index is 0.000000298. The molecular weight excluding hydrogens is 400 g/mol. The van der Waals surface area contributed by atoms with Gasteiger partial charge in [-0.25, -0.2) is 14.2 Å². The molecule has 160 valence electrons. The van der Waals surface area contributed by atoms with E-state index >= 15 is 0 Å². The zero-order valence-electron chi connectivity index (χ0n) is 15.3. The van der Waals surface area contributed by atoms with E-state index in [0.29, 0.717) is 44.8 Å². The molecular formula is C18H20F4N2O5. The van der Waals surface area contributed by atoms with E-state index in [-0.39, 0.29) is 17.6 Å². The van der Waals surface area contributed by atoms with Crippen molar-refractivity contribution in [3.05, 3.63) is 24.4 Å². The topological polar surface area (TPSA) is 89.0 Å². The molecule has 3 fully saturated rings. The Morgan fingerprint density at radius 2 is 1.93 bits per heavy atom. The van der Waals surface area contributed by atoms with Gasteiger partial charge in [-0.2, -0.15) is 13.2 Å². The van der Waals surface area contributed by atoms with E-state index < -0.39 is 17.8 Å². The number of carbonyl (C=O) groups excluding carboxylic acids is 1. The molecule has 2 aliphatic heterocycles. The van der Waals surface area contributed by atoms with Crippen LogP contribution >= 0.6 is 0 Å². The monoisotopic (exact) mass is 420 g/mol. The lowest BCUT2D eigenvalue weighted by molar-refractivity contribution is -0.196. The number of halogens is 4. The first-order valence-corrected chi connectivity index (χ1v) is 9.03. The fourth-order valence-corrected chi connectivity index (χ4v) is 3.29. The highest BCUT2D eigenvalue weighted by Crippen LogP contribution is 2.44. The molecule has 3 heterocycles. The SMILES string of the molecule is O=C(N1CC2(CC(Oc3ccccn3)CCO2)C1)C1(F)CC1.O=C(O)C(F)(F)F. The van der Waals surface area contributed by atoms with Crippen LogP contribution in [0.3, 0.4) is 0 Å². The molecule has 1 amide bonds. The van der Waals surface area contributed by atoms with E-state index in [1.165, 1.54) is 0 Å². The molecule has 1 saturated carbocycles. The predicted octanol–water partition coefficient (Wildman–Crippen LogP) is 2.36. The van der Waals surface area contributed by atoms with Gasteiger partial charge in [-0.1, -0.05) is 6.07 Å². The number of aliphatic carboxylic acids is 1. The highest BCUT2D eigenvalue weighted by molar-refractivity contribution is 5.88. The summed E-state index contributed by atoms with van der Waals surface area (Å²) in [4.78, 5) is 26.6. The Kier molecular flexibility index (Phi) is 5.70. The highest BCUT2D eigenvalue weighted by atomic mass is 19.4. The molecule has 3 aliphatic rings. The fraction of sp³-hybridized carbons (Fsp3) is 0.611. The highest BCUT2D eigenvalue weighted by Gasteiger charge is 2.58. The van der Waals surface area contributed by atoms with Gasteiger partial charge < -0.3 is 19.5 Å². The van der Waals surface area contributed by atoms with Crippen molar-refractivity contribution in [3.63, 3.8) is 0 Å². The normalized spacial score (nSPS) is 24.0. The van der Waals surface area contributed by atoms with Gasteiger partial charge in [0.2, 0.25) is 5.88 Å². The summed E-state index contributed by atoms with van der Waals surface area (Å²) in [6.07, 6.45) is -1.11. The number of hydrogen-bond donors (Lipinski definition) is 1. The minimum absolute atomic E-state index is 0.0289. The molecule has 2 saturated heterocycles. The molecule has 1 N–H and O–H groups in total. The molecule has 1 aromatic rings. The van der Waals surface area contributed by atoms with Gasteiger partial charge in [0.15, 0.2) is 5.67 Å². The van der Waals surface area contributed by atoms with Crippen LogP contribution in [-0.2, 0) is 14.3 Å². The number of nitrogens with zero attached hydrogens (tertiary/aromatic N) is 2. The van der Waals surface area contributed by atoms with E-state index in [4.69, 9.17) is 19.4 Å². The number of hydrogen-bond acceptors (Lipinski definition) is 5. The minimum atomic E-state index is -5.08. The third-order valence-corrected chi connectivity index (χ3v) is 4.93. The van der Waals surface area contributed by atoms with Gasteiger partial charge in [0.25, 0.3) is 5.91 Å². The quantitative estimate of drug-likeness (QED) is 0.756. The van der Waals surface area contributed by atoms with E-state index in [2.05, 4.69) is 4.98 Å². The van der Waals surface area contributed by atoms with Crippen LogP contribution in [0.2, 0.25) is 0 Å². The van der Waals surface area contributed by atoms with Crippen LogP contribution in [0.4, 0.5) is 17.6 Å². The third-order valence-electron chi connectivity index (χ3n) is 4.93. The lowest BCUT2D eigenvalue weighted by Gasteiger charge is -2.53. The summed E-state index contributed by atoms with van der Waals surface area (Å²) in [5.41, 5.74) is -1.95. The molecule has 1 atom stereocenters. The van der Waals surface area contributed by atoms with Crippen molar-refractivity contribution in [2.24, 2.45) is 0 Å². The molecule has 1 aromatic heterocycles. The van der Waals surface area contributed by atoms with Crippen LogP contribution in [0.25, 0.3) is 0 Å². The molecule has 1 unspecified atom stereocenters. The number of carbonyl (C=O) groups is 2. The first-order valence-electron chi connectivity index (χ1n) is 9.03. The van der Waals surface area contributed by atoms with E-state index in [1.54, 1.807) is 11.1 Å². The van der Waals surface area contributed by atoms with E-state index in [9.17, 15) is 22.4 Å². The average Bonchev–Trinajstić information content (AvgIpc) is 3.38. The Bertz CT molecular complexity index is 748. The largest absolute Gasteiger partial charge is 0.490 e. The lowest BCUT2D eigenvalue weighted by Crippen LogP contribution is -2.68. The summed E-state index contributed by atoms with van der Waals surface area (Å²) >= 11 is 0. The molecule has 1 aliphatic carbocycles. The zero-order valence-corrected chi connectivity index (χ0v) is 15.3. The summed E-state index contributed by atoms with van der Waals surface area (Å²) in [6.45, 7) is 1.54. The first kappa shape index (κ1) is 21.3. The Hall–Kier alpha value is -2.43. The van der Waals surface area contributed by atoms with E-state index in [0.717, 1.165) is 6.42 Å². The van der Waals surface area contributed by atoms with Gasteiger partial charge in [-0.3, -0.25) is 4.79 Å². The number of carboxylic acids is 1. The number of likely N-dealkylation sites (tertiary alicyclic amines) is 1. The fourth-order valence-electron chi connectivity index (χ4n) is 3.29. The first-order chi connectivity index (χ1) is 13.5. The number of carboxylic acid groups (broad SMARTS) is 1. The maximum atomic E-state index is 13.8. The van der Waals surface area contributed by atoms with Crippen molar-refractivity contribution >= 4 is 11.9 Å². The van der Waals surface area contributed by atoms with Gasteiger partial charge in [-0.15, -0.1) is 0 Å². The zero-order chi connectivity index (χ0) is 21.3. The molecule has 29 heavy (non-hydrogen) atoms. The van der Waals surface area contributed by atoms with Gasteiger partial charge in [-0.05, 0) is 18.9 Å². The van der Waals surface area contributed by atoms with Crippen LogP contribution in [0.5, 0.6) is 5.88 Å². The third kappa shape index (κ3) is 5.14. The van der Waals surface area contributed by atoms with Crippen molar-refractivity contribution in [3.8, 4) is 5.88 Å². The second-order valence-electron chi connectivity index (χ2n) is 7.36. The molecule has 0 aromatic carbocycles. The van der Waals surface area contributed by atoms with Crippen LogP contribution in [0.15, 0.2) is 24.4 Å². The number of ether oxygens (including phenoxy) is 2. The lowest BCUT2D eigenvalue weighted by atomic mass is 9.84. The van der Waals surface area contributed by atoms with Crippen molar-refractivity contribution in [1.82, 2.24) is 9.88 Å². The molecule has 0 radical (unpaired) electrons. The van der Waals surface area contributed by atoms with Crippen LogP contribution in [0, 0.1) is 0 Å². The van der Waals surface area contributed by atoms with Crippen LogP contribution in [0.1, 0.15) is 25.7 Å². The number of pyridine rings is 1. The summed E-state index contributed by atoms with van der Waals surface area (Å²) < 4.78 is 57.3. The number of aromatic nitrogens is 1. The van der Waals surface area contributed by atoms with Crippen molar-refractivity contribution in [1.29, 1.82) is 0 Å². The van der Waals surface area contributed by atoms with Gasteiger partial charge in [0.1, 0.15) is 11.7 Å². The summed E-state index contributed by atoms with van der Waals surface area (Å²) in [7, 11) is 0. The maximum Gasteiger partial charge on any atom is 0.490 e. The summed E-state index contributed by atoms with van der Waals surface area (Å²) in [6, 6.07) is 5.56. The molecule has 4 rings (SSSR count). The van der Waals surface area contributed by atoms with Crippen molar-refractivity contribution < 1.29 is 41.7 Å². The minimum Gasteiger partial charge on any atom is -0.475 e. The average molecular weight is 420 g/mol. The van der Waals surface area contributed by atoms with Gasteiger partial charge in [0, 0.05) is 25.1 Å². The molecule has 1 spiro atoms. The maximum absolute atomic E-state index is 13.8. The summed E-state index contributed by atoms with van der Waals surface area (Å²) in [5, 5.41) is 7.12. The second-order valence-corrected chi connectivity index (χ2v) is 7.36. The Morgan fingerprint density at radius 3 is 2.45 bits per heavy atom. The number of alkyl halides is 4. The predicted molar refractivity (Wildman–Crippen MR) is 89.9 cm³/mol. The number of rotatable bonds is 3.